The summed E-state index contributed by atoms with van der Waals surface area (Å²) in [6, 6.07) is 4.24. The number of amides is 1. The van der Waals surface area contributed by atoms with Gasteiger partial charge in [0.1, 0.15) is 9.84 Å². The number of primary sulfonamides is 1. The number of nitrogens with two attached hydrogens (primary N) is 2. The normalized spacial score (nSPS) is 13.7. The Morgan fingerprint density at radius 2 is 1.71 bits per heavy atom. The van der Waals surface area contributed by atoms with E-state index in [4.69, 9.17) is 10.9 Å². The number of benzene rings is 1. The number of hydrogen-bond donors (Lipinski definition) is 3. The van der Waals surface area contributed by atoms with Crippen LogP contribution in [0.2, 0.25) is 0 Å². The van der Waals surface area contributed by atoms with Crippen LogP contribution in [0.15, 0.2) is 29.2 Å². The molecule has 0 spiro atoms. The SMILES string of the molecule is CS(=O)(=O)CCC(N)C(=O)Nc1ccc(S(N)(=O)=O)cc1. The molecule has 0 fully saturated rings. The highest BCUT2D eigenvalue weighted by molar-refractivity contribution is 7.90. The Labute approximate surface area is 123 Å². The monoisotopic (exact) mass is 335 g/mol. The Morgan fingerprint density at radius 1 is 1.19 bits per heavy atom. The first-order chi connectivity index (χ1) is 9.49. The molecule has 0 saturated heterocycles. The highest BCUT2D eigenvalue weighted by atomic mass is 32.2. The van der Waals surface area contributed by atoms with Gasteiger partial charge in [0.05, 0.1) is 16.7 Å². The van der Waals surface area contributed by atoms with Gasteiger partial charge in [-0.25, -0.2) is 22.0 Å². The zero-order chi connectivity index (χ0) is 16.3. The topological polar surface area (TPSA) is 149 Å². The predicted molar refractivity (Wildman–Crippen MR) is 78.7 cm³/mol. The lowest BCUT2D eigenvalue weighted by molar-refractivity contribution is -0.117. The van der Waals surface area contributed by atoms with Crippen LogP contribution in [0.3, 0.4) is 0 Å². The summed E-state index contributed by atoms with van der Waals surface area (Å²) in [5.41, 5.74) is 5.91. The van der Waals surface area contributed by atoms with Gasteiger partial charge in [0.15, 0.2) is 0 Å². The smallest absolute Gasteiger partial charge is 0.241 e. The largest absolute Gasteiger partial charge is 0.325 e. The lowest BCUT2D eigenvalue weighted by Crippen LogP contribution is -2.37. The molecule has 8 nitrogen and oxygen atoms in total. The molecule has 1 aromatic rings. The van der Waals surface area contributed by atoms with E-state index in [0.717, 1.165) is 6.26 Å². The van der Waals surface area contributed by atoms with Crippen LogP contribution in [0.4, 0.5) is 5.69 Å². The van der Waals surface area contributed by atoms with Crippen molar-refractivity contribution in [2.45, 2.75) is 17.4 Å². The molecule has 21 heavy (non-hydrogen) atoms. The van der Waals surface area contributed by atoms with Crippen molar-refractivity contribution in [1.82, 2.24) is 0 Å². The van der Waals surface area contributed by atoms with Crippen LogP contribution in [-0.4, -0.2) is 40.8 Å². The van der Waals surface area contributed by atoms with E-state index < -0.39 is 31.8 Å². The maximum atomic E-state index is 11.7. The van der Waals surface area contributed by atoms with Crippen LogP contribution in [0.25, 0.3) is 0 Å². The van der Waals surface area contributed by atoms with E-state index in [1.54, 1.807) is 0 Å². The molecule has 1 unspecified atom stereocenters. The number of carbonyl (C=O) groups is 1. The molecule has 118 valence electrons. The van der Waals surface area contributed by atoms with Gasteiger partial charge in [-0.15, -0.1) is 0 Å². The third-order valence-electron chi connectivity index (χ3n) is 2.59. The first-order valence-electron chi connectivity index (χ1n) is 5.86. The van der Waals surface area contributed by atoms with Crippen LogP contribution < -0.4 is 16.2 Å². The van der Waals surface area contributed by atoms with Crippen molar-refractivity contribution < 1.29 is 21.6 Å². The number of sulfonamides is 1. The van der Waals surface area contributed by atoms with E-state index in [0.29, 0.717) is 5.69 Å². The van der Waals surface area contributed by atoms with Gasteiger partial charge in [0.2, 0.25) is 15.9 Å². The first-order valence-corrected chi connectivity index (χ1v) is 9.47. The number of nitrogens with one attached hydrogen (secondary N) is 1. The lowest BCUT2D eigenvalue weighted by atomic mass is 10.2. The number of rotatable bonds is 6. The highest BCUT2D eigenvalue weighted by Gasteiger charge is 2.16. The Bertz CT molecular complexity index is 711. The van der Waals surface area contributed by atoms with Crippen LogP contribution >= 0.6 is 0 Å². The van der Waals surface area contributed by atoms with E-state index in [1.807, 2.05) is 0 Å². The Hall–Kier alpha value is -1.49. The van der Waals surface area contributed by atoms with Crippen molar-refractivity contribution in [2.24, 2.45) is 10.9 Å². The molecule has 1 atom stereocenters. The highest BCUT2D eigenvalue weighted by Crippen LogP contribution is 2.13. The molecule has 1 rings (SSSR count). The molecule has 1 amide bonds. The Balaban J connectivity index is 2.67. The fourth-order valence-electron chi connectivity index (χ4n) is 1.44. The van der Waals surface area contributed by atoms with Gasteiger partial charge < -0.3 is 11.1 Å². The molecule has 0 radical (unpaired) electrons. The van der Waals surface area contributed by atoms with E-state index in [9.17, 15) is 21.6 Å². The molecule has 0 aliphatic heterocycles. The summed E-state index contributed by atoms with van der Waals surface area (Å²) < 4.78 is 44.1. The van der Waals surface area contributed by atoms with Gasteiger partial charge in [0, 0.05) is 11.9 Å². The van der Waals surface area contributed by atoms with Crippen LogP contribution in [0.1, 0.15) is 6.42 Å². The minimum absolute atomic E-state index is 0.0000699. The second-order valence-electron chi connectivity index (χ2n) is 4.58. The maximum absolute atomic E-state index is 11.7. The summed E-state index contributed by atoms with van der Waals surface area (Å²) in [5.74, 6) is -0.742. The van der Waals surface area contributed by atoms with E-state index in [1.165, 1.54) is 24.3 Å². The van der Waals surface area contributed by atoms with Crippen LogP contribution in [-0.2, 0) is 24.7 Å². The summed E-state index contributed by atoms with van der Waals surface area (Å²) in [5, 5.41) is 7.41. The van der Waals surface area contributed by atoms with Crippen molar-refractivity contribution >= 4 is 31.5 Å². The zero-order valence-electron chi connectivity index (χ0n) is 11.3. The van der Waals surface area contributed by atoms with Crippen molar-refractivity contribution in [3.05, 3.63) is 24.3 Å². The summed E-state index contributed by atoms with van der Waals surface area (Å²) >= 11 is 0. The molecular formula is C11H17N3O5S2. The molecular weight excluding hydrogens is 318 g/mol. The number of anilines is 1. The summed E-state index contributed by atoms with van der Waals surface area (Å²) in [4.78, 5) is 11.7. The predicted octanol–water partition coefficient (Wildman–Crippen LogP) is -0.965. The van der Waals surface area contributed by atoms with Gasteiger partial charge in [-0.1, -0.05) is 0 Å². The van der Waals surface area contributed by atoms with Gasteiger partial charge in [-0.2, -0.15) is 0 Å². The second kappa shape index (κ2) is 6.52. The maximum Gasteiger partial charge on any atom is 0.241 e. The molecule has 0 bridgehead atoms. The van der Waals surface area contributed by atoms with Gasteiger partial charge >= 0.3 is 0 Å². The lowest BCUT2D eigenvalue weighted by Gasteiger charge is -2.12. The fourth-order valence-corrected chi connectivity index (χ4v) is 2.63. The molecule has 0 saturated carbocycles. The zero-order valence-corrected chi connectivity index (χ0v) is 12.9. The molecule has 0 aromatic heterocycles. The fraction of sp³-hybridized carbons (Fsp3) is 0.364. The minimum atomic E-state index is -3.79. The molecule has 0 aliphatic carbocycles. The Kier molecular flexibility index (Phi) is 5.45. The number of carbonyl (C=O) groups excluding carboxylic acids is 1. The quantitative estimate of drug-likeness (QED) is 0.609. The standard InChI is InChI=1S/C11H17N3O5S2/c1-20(16,17)7-6-10(12)11(15)14-8-2-4-9(5-3-8)21(13,18)19/h2-5,10H,6-7,12H2,1H3,(H,14,15)(H2,13,18,19). The van der Waals surface area contributed by atoms with Gasteiger partial charge in [0.25, 0.3) is 0 Å². The van der Waals surface area contributed by atoms with Crippen LogP contribution in [0.5, 0.6) is 0 Å². The molecule has 10 heteroatoms. The number of hydrogen-bond acceptors (Lipinski definition) is 6. The van der Waals surface area contributed by atoms with E-state index in [-0.39, 0.29) is 17.1 Å². The molecule has 5 N–H and O–H groups in total. The molecule has 0 aliphatic rings. The van der Waals surface area contributed by atoms with Crippen molar-refractivity contribution in [3.8, 4) is 0 Å². The third-order valence-corrected chi connectivity index (χ3v) is 4.49. The van der Waals surface area contributed by atoms with Crippen molar-refractivity contribution in [1.29, 1.82) is 0 Å². The van der Waals surface area contributed by atoms with Crippen molar-refractivity contribution in [2.75, 3.05) is 17.3 Å². The average molecular weight is 335 g/mol. The van der Waals surface area contributed by atoms with E-state index >= 15 is 0 Å². The first kappa shape index (κ1) is 17.6. The summed E-state index contributed by atoms with van der Waals surface area (Å²) in [6.07, 6.45) is 1.06. The van der Waals surface area contributed by atoms with Gasteiger partial charge in [-0.3, -0.25) is 4.79 Å². The molecule has 1 aromatic carbocycles. The van der Waals surface area contributed by atoms with Crippen molar-refractivity contribution in [3.63, 3.8) is 0 Å². The summed E-state index contributed by atoms with van der Waals surface area (Å²) in [6.45, 7) is 0. The third kappa shape index (κ3) is 6.21. The minimum Gasteiger partial charge on any atom is -0.325 e. The summed E-state index contributed by atoms with van der Waals surface area (Å²) in [7, 11) is -6.98. The Morgan fingerprint density at radius 3 is 2.14 bits per heavy atom. The second-order valence-corrected chi connectivity index (χ2v) is 8.40. The molecule has 0 heterocycles. The van der Waals surface area contributed by atoms with E-state index in [2.05, 4.69) is 5.32 Å². The number of sulfone groups is 1. The average Bonchev–Trinajstić information content (AvgIpc) is 2.34. The van der Waals surface area contributed by atoms with Gasteiger partial charge in [-0.05, 0) is 30.7 Å². The van der Waals surface area contributed by atoms with Crippen LogP contribution in [0, 0.1) is 0 Å².